The summed E-state index contributed by atoms with van der Waals surface area (Å²) in [6, 6.07) is 19.5. The molecular formula is C21H19NS. The third kappa shape index (κ3) is 2.43. The lowest BCUT2D eigenvalue weighted by Gasteiger charge is -2.19. The highest BCUT2D eigenvalue weighted by molar-refractivity contribution is 7.26. The van der Waals surface area contributed by atoms with Gasteiger partial charge in [-0.15, -0.1) is 11.3 Å². The molecule has 0 N–H and O–H groups in total. The van der Waals surface area contributed by atoms with Gasteiger partial charge in [-0.05, 0) is 29.2 Å². The van der Waals surface area contributed by atoms with Gasteiger partial charge in [0.25, 0.3) is 0 Å². The highest BCUT2D eigenvalue weighted by atomic mass is 32.1. The van der Waals surface area contributed by atoms with Gasteiger partial charge in [-0.2, -0.15) is 0 Å². The van der Waals surface area contributed by atoms with Gasteiger partial charge >= 0.3 is 0 Å². The Kier molecular flexibility index (Phi) is 3.24. The van der Waals surface area contributed by atoms with Crippen LogP contribution in [0.4, 0.5) is 0 Å². The zero-order chi connectivity index (χ0) is 16.0. The first-order valence-corrected chi connectivity index (χ1v) is 8.73. The van der Waals surface area contributed by atoms with Crippen molar-refractivity contribution in [3.8, 4) is 11.3 Å². The quantitative estimate of drug-likeness (QED) is 0.395. The normalized spacial score (nSPS) is 12.1. The van der Waals surface area contributed by atoms with Crippen LogP contribution in [0.2, 0.25) is 0 Å². The Morgan fingerprint density at radius 3 is 2.48 bits per heavy atom. The molecule has 4 aromatic rings. The number of nitrogens with zero attached hydrogens (tertiary/aromatic N) is 1. The van der Waals surface area contributed by atoms with Crippen molar-refractivity contribution in [1.29, 1.82) is 0 Å². The van der Waals surface area contributed by atoms with Gasteiger partial charge in [-0.25, -0.2) is 0 Å². The summed E-state index contributed by atoms with van der Waals surface area (Å²) in [6.45, 7) is 6.73. The maximum Gasteiger partial charge on any atom is 0.0719 e. The van der Waals surface area contributed by atoms with E-state index < -0.39 is 0 Å². The van der Waals surface area contributed by atoms with Crippen LogP contribution in [0.3, 0.4) is 0 Å². The molecule has 0 unspecified atom stereocenters. The molecule has 0 saturated heterocycles. The van der Waals surface area contributed by atoms with E-state index in [1.807, 2.05) is 17.5 Å². The Labute approximate surface area is 140 Å². The zero-order valence-corrected chi connectivity index (χ0v) is 14.4. The van der Waals surface area contributed by atoms with Crippen LogP contribution in [-0.4, -0.2) is 4.98 Å². The van der Waals surface area contributed by atoms with E-state index in [9.17, 15) is 0 Å². The van der Waals surface area contributed by atoms with Crippen LogP contribution < -0.4 is 0 Å². The largest absolute Gasteiger partial charge is 0.256 e. The Morgan fingerprint density at radius 2 is 1.65 bits per heavy atom. The molecular weight excluding hydrogens is 298 g/mol. The number of aromatic nitrogens is 1. The highest BCUT2D eigenvalue weighted by Gasteiger charge is 2.16. The summed E-state index contributed by atoms with van der Waals surface area (Å²) in [6.07, 6.45) is 1.93. The third-order valence-corrected chi connectivity index (χ3v) is 5.53. The second-order valence-corrected chi connectivity index (χ2v) is 8.01. The minimum Gasteiger partial charge on any atom is -0.256 e. The second kappa shape index (κ2) is 5.17. The van der Waals surface area contributed by atoms with Crippen molar-refractivity contribution < 1.29 is 0 Å². The van der Waals surface area contributed by atoms with Crippen LogP contribution in [0.5, 0.6) is 0 Å². The monoisotopic (exact) mass is 317 g/mol. The molecule has 0 aliphatic rings. The van der Waals surface area contributed by atoms with Gasteiger partial charge in [-0.1, -0.05) is 57.2 Å². The molecule has 0 amide bonds. The number of hydrogen-bond acceptors (Lipinski definition) is 2. The SMILES string of the molecule is CC(C)(C)c1ccnc(-c2cccc3c2sc2ccccc23)c1. The first kappa shape index (κ1) is 14.4. The van der Waals surface area contributed by atoms with E-state index in [4.69, 9.17) is 0 Å². The number of rotatable bonds is 1. The Morgan fingerprint density at radius 1 is 0.870 bits per heavy atom. The fourth-order valence-corrected chi connectivity index (χ4v) is 4.22. The average molecular weight is 317 g/mol. The van der Waals surface area contributed by atoms with Gasteiger partial charge in [0.2, 0.25) is 0 Å². The molecule has 0 atom stereocenters. The van der Waals surface area contributed by atoms with Crippen molar-refractivity contribution in [3.05, 3.63) is 66.4 Å². The molecule has 0 bridgehead atoms. The zero-order valence-electron chi connectivity index (χ0n) is 13.6. The van der Waals surface area contributed by atoms with Crippen molar-refractivity contribution in [3.63, 3.8) is 0 Å². The molecule has 0 aliphatic carbocycles. The molecule has 2 aromatic carbocycles. The van der Waals surface area contributed by atoms with Gasteiger partial charge in [0.05, 0.1) is 5.69 Å². The number of fused-ring (bicyclic) bond motifs is 3. The smallest absolute Gasteiger partial charge is 0.0719 e. The second-order valence-electron chi connectivity index (χ2n) is 6.96. The summed E-state index contributed by atoms with van der Waals surface area (Å²) in [7, 11) is 0. The minimum absolute atomic E-state index is 0.131. The molecule has 0 spiro atoms. The van der Waals surface area contributed by atoms with Crippen molar-refractivity contribution in [1.82, 2.24) is 4.98 Å². The van der Waals surface area contributed by atoms with E-state index in [1.165, 1.54) is 31.3 Å². The van der Waals surface area contributed by atoms with Crippen LogP contribution >= 0.6 is 11.3 Å². The standard InChI is InChI=1S/C21H19NS/c1-21(2,3)14-11-12-22-18(13-14)17-9-6-8-16-15-7-4-5-10-19(15)23-20(16)17/h4-13H,1-3H3. The third-order valence-electron chi connectivity index (χ3n) is 4.31. The molecule has 4 rings (SSSR count). The van der Waals surface area contributed by atoms with E-state index in [-0.39, 0.29) is 5.41 Å². The lowest BCUT2D eigenvalue weighted by Crippen LogP contribution is -2.11. The Hall–Kier alpha value is -2.19. The van der Waals surface area contributed by atoms with Gasteiger partial charge in [0, 0.05) is 31.9 Å². The van der Waals surface area contributed by atoms with Crippen LogP contribution in [0, 0.1) is 0 Å². The van der Waals surface area contributed by atoms with Crippen LogP contribution in [-0.2, 0) is 5.41 Å². The van der Waals surface area contributed by atoms with Gasteiger partial charge in [-0.3, -0.25) is 4.98 Å². The van der Waals surface area contributed by atoms with E-state index in [1.54, 1.807) is 0 Å². The van der Waals surface area contributed by atoms with Crippen molar-refractivity contribution in [2.45, 2.75) is 26.2 Å². The van der Waals surface area contributed by atoms with Crippen LogP contribution in [0.25, 0.3) is 31.4 Å². The maximum absolute atomic E-state index is 4.65. The van der Waals surface area contributed by atoms with Crippen LogP contribution in [0.15, 0.2) is 60.8 Å². The minimum atomic E-state index is 0.131. The summed E-state index contributed by atoms with van der Waals surface area (Å²) >= 11 is 1.86. The molecule has 23 heavy (non-hydrogen) atoms. The fraction of sp³-hybridized carbons (Fsp3) is 0.190. The molecule has 0 saturated carbocycles. The maximum atomic E-state index is 4.65. The van der Waals surface area contributed by atoms with Crippen molar-refractivity contribution >= 4 is 31.5 Å². The Balaban J connectivity index is 1.99. The topological polar surface area (TPSA) is 12.9 Å². The van der Waals surface area contributed by atoms with Crippen molar-refractivity contribution in [2.75, 3.05) is 0 Å². The number of benzene rings is 2. The summed E-state index contributed by atoms with van der Waals surface area (Å²) in [5.74, 6) is 0. The van der Waals surface area contributed by atoms with E-state index in [0.29, 0.717) is 0 Å². The van der Waals surface area contributed by atoms with Gasteiger partial charge < -0.3 is 0 Å². The first-order valence-electron chi connectivity index (χ1n) is 7.91. The number of thiophene rings is 1. The Bertz CT molecular complexity index is 1010. The average Bonchev–Trinajstić information content (AvgIpc) is 2.93. The fourth-order valence-electron chi connectivity index (χ4n) is 2.99. The summed E-state index contributed by atoms with van der Waals surface area (Å²) in [4.78, 5) is 4.65. The molecule has 114 valence electrons. The molecule has 2 aromatic heterocycles. The lowest BCUT2D eigenvalue weighted by atomic mass is 9.87. The molecule has 0 radical (unpaired) electrons. The van der Waals surface area contributed by atoms with Crippen molar-refractivity contribution in [2.24, 2.45) is 0 Å². The molecule has 0 aliphatic heterocycles. The molecule has 0 fully saturated rings. The summed E-state index contributed by atoms with van der Waals surface area (Å²) < 4.78 is 2.66. The predicted octanol–water partition coefficient (Wildman–Crippen LogP) is 6.41. The highest BCUT2D eigenvalue weighted by Crippen LogP contribution is 2.39. The molecule has 1 nitrogen and oxygen atoms in total. The summed E-state index contributed by atoms with van der Waals surface area (Å²) in [5.41, 5.74) is 3.75. The predicted molar refractivity (Wildman–Crippen MR) is 101 cm³/mol. The number of hydrogen-bond donors (Lipinski definition) is 0. The lowest BCUT2D eigenvalue weighted by molar-refractivity contribution is 0.589. The first-order chi connectivity index (χ1) is 11.0. The van der Waals surface area contributed by atoms with Gasteiger partial charge in [0.15, 0.2) is 0 Å². The van der Waals surface area contributed by atoms with E-state index in [2.05, 4.69) is 80.4 Å². The summed E-state index contributed by atoms with van der Waals surface area (Å²) in [5, 5.41) is 2.66. The number of pyridine rings is 1. The molecule has 2 heterocycles. The molecule has 2 heteroatoms. The van der Waals surface area contributed by atoms with E-state index in [0.717, 1.165) is 5.69 Å². The van der Waals surface area contributed by atoms with Crippen LogP contribution in [0.1, 0.15) is 26.3 Å². The van der Waals surface area contributed by atoms with E-state index >= 15 is 0 Å². The van der Waals surface area contributed by atoms with Gasteiger partial charge in [0.1, 0.15) is 0 Å².